The maximum atomic E-state index is 14.2. The van der Waals surface area contributed by atoms with Gasteiger partial charge in [-0.05, 0) is 24.5 Å². The third-order valence-corrected chi connectivity index (χ3v) is 4.39. The average molecular weight is 302 g/mol. The predicted octanol–water partition coefficient (Wildman–Crippen LogP) is 3.53. The van der Waals surface area contributed by atoms with E-state index in [1.54, 1.807) is 24.4 Å². The Morgan fingerprint density at radius 2 is 2.27 bits per heavy atom. The molecule has 5 heteroatoms. The fourth-order valence-corrected chi connectivity index (χ4v) is 3.31. The Morgan fingerprint density at radius 3 is 3.00 bits per heavy atom. The number of fused-ring (bicyclic) bond motifs is 1. The van der Waals surface area contributed by atoms with Gasteiger partial charge in [-0.25, -0.2) is 9.37 Å². The number of rotatable bonds is 4. The summed E-state index contributed by atoms with van der Waals surface area (Å²) in [6.45, 7) is 2.94. The number of hydrogen-bond donors (Lipinski definition) is 1. The lowest BCUT2D eigenvalue weighted by atomic mass is 9.91. The van der Waals surface area contributed by atoms with Gasteiger partial charge < -0.3 is 9.67 Å². The van der Waals surface area contributed by atoms with Crippen LogP contribution in [0, 0.1) is 5.82 Å². The number of hydrogen-bond acceptors (Lipinski definition) is 2. The van der Waals surface area contributed by atoms with Gasteiger partial charge in [0.15, 0.2) is 0 Å². The topological polar surface area (TPSA) is 55.1 Å². The summed E-state index contributed by atoms with van der Waals surface area (Å²) >= 11 is 0. The molecule has 1 aliphatic heterocycles. The van der Waals surface area contributed by atoms with E-state index in [1.165, 1.54) is 6.07 Å². The number of aliphatic carboxylic acids is 1. The number of carboxylic acids is 1. The lowest BCUT2D eigenvalue weighted by Gasteiger charge is -2.25. The molecule has 3 rings (SSSR count). The van der Waals surface area contributed by atoms with Crippen molar-refractivity contribution in [2.24, 2.45) is 0 Å². The Bertz CT molecular complexity index is 696. The van der Waals surface area contributed by atoms with Gasteiger partial charge >= 0.3 is 5.97 Å². The van der Waals surface area contributed by atoms with Gasteiger partial charge in [0.25, 0.3) is 0 Å². The van der Waals surface area contributed by atoms with Crippen LogP contribution in [0.25, 0.3) is 0 Å². The molecule has 2 unspecified atom stereocenters. The summed E-state index contributed by atoms with van der Waals surface area (Å²) in [5.74, 6) is -0.479. The van der Waals surface area contributed by atoms with Crippen molar-refractivity contribution in [2.75, 3.05) is 0 Å². The van der Waals surface area contributed by atoms with E-state index in [9.17, 15) is 14.3 Å². The number of carbonyl (C=O) groups is 1. The van der Waals surface area contributed by atoms with Crippen molar-refractivity contribution in [1.29, 1.82) is 0 Å². The normalized spacial score (nSPS) is 18.7. The third kappa shape index (κ3) is 2.63. The summed E-state index contributed by atoms with van der Waals surface area (Å²) in [5, 5.41) is 9.24. The molecular formula is C17H19FN2O2. The van der Waals surface area contributed by atoms with E-state index in [-0.39, 0.29) is 12.2 Å². The van der Waals surface area contributed by atoms with E-state index in [4.69, 9.17) is 0 Å². The highest BCUT2D eigenvalue weighted by atomic mass is 19.1. The monoisotopic (exact) mass is 302 g/mol. The van der Waals surface area contributed by atoms with Crippen LogP contribution in [0.2, 0.25) is 0 Å². The number of halogens is 1. The number of aromatic nitrogens is 2. The van der Waals surface area contributed by atoms with Crippen molar-refractivity contribution in [1.82, 2.24) is 9.55 Å². The summed E-state index contributed by atoms with van der Waals surface area (Å²) in [7, 11) is 0. The molecule has 1 aromatic carbocycles. The first-order chi connectivity index (χ1) is 10.6. The minimum Gasteiger partial charge on any atom is -0.481 e. The minimum absolute atomic E-state index is 0.138. The zero-order valence-electron chi connectivity index (χ0n) is 12.5. The number of benzene rings is 1. The zero-order chi connectivity index (χ0) is 15.7. The van der Waals surface area contributed by atoms with Crippen LogP contribution >= 0.6 is 0 Å². The summed E-state index contributed by atoms with van der Waals surface area (Å²) < 4.78 is 16.2. The molecule has 0 spiro atoms. The molecule has 1 aromatic heterocycles. The molecule has 116 valence electrons. The first kappa shape index (κ1) is 14.8. The largest absolute Gasteiger partial charge is 0.481 e. The molecule has 2 aromatic rings. The lowest BCUT2D eigenvalue weighted by Crippen LogP contribution is -2.19. The van der Waals surface area contributed by atoms with Crippen molar-refractivity contribution in [3.63, 3.8) is 0 Å². The van der Waals surface area contributed by atoms with Crippen LogP contribution in [0.15, 0.2) is 30.5 Å². The second-order valence-electron chi connectivity index (χ2n) is 5.91. The van der Waals surface area contributed by atoms with Crippen LogP contribution in [-0.4, -0.2) is 20.6 Å². The molecule has 4 nitrogen and oxygen atoms in total. The highest BCUT2D eigenvalue weighted by Crippen LogP contribution is 2.34. The third-order valence-electron chi connectivity index (χ3n) is 4.39. The summed E-state index contributed by atoms with van der Waals surface area (Å²) in [5.41, 5.74) is 1.22. The van der Waals surface area contributed by atoms with Crippen LogP contribution in [0.1, 0.15) is 55.1 Å². The highest BCUT2D eigenvalue weighted by molar-refractivity contribution is 5.69. The summed E-state index contributed by atoms with van der Waals surface area (Å²) in [6.07, 6.45) is 3.70. The van der Waals surface area contributed by atoms with Gasteiger partial charge in [-0.15, -0.1) is 0 Å². The second kappa shape index (κ2) is 5.91. The first-order valence-electron chi connectivity index (χ1n) is 7.59. The molecule has 1 aliphatic rings. The standard InChI is InChI=1S/C17H19FN2O2/c1-11-5-4-8-20-15(10-19-17(11)20)13(9-16(21)22)12-6-2-3-7-14(12)18/h2-3,6-7,10-11,13H,4-5,8-9H2,1H3,(H,21,22). The zero-order valence-corrected chi connectivity index (χ0v) is 12.5. The van der Waals surface area contributed by atoms with Gasteiger partial charge in [0.1, 0.15) is 11.6 Å². The molecule has 0 aliphatic carbocycles. The fourth-order valence-electron chi connectivity index (χ4n) is 3.31. The number of imidazole rings is 1. The summed E-state index contributed by atoms with van der Waals surface area (Å²) in [6, 6.07) is 6.39. The highest BCUT2D eigenvalue weighted by Gasteiger charge is 2.28. The van der Waals surface area contributed by atoms with Crippen molar-refractivity contribution in [3.8, 4) is 0 Å². The van der Waals surface area contributed by atoms with Gasteiger partial charge in [-0.1, -0.05) is 25.1 Å². The predicted molar refractivity (Wildman–Crippen MR) is 80.4 cm³/mol. The lowest BCUT2D eigenvalue weighted by molar-refractivity contribution is -0.137. The van der Waals surface area contributed by atoms with E-state index in [0.717, 1.165) is 30.9 Å². The van der Waals surface area contributed by atoms with Crippen LogP contribution in [0.5, 0.6) is 0 Å². The van der Waals surface area contributed by atoms with Gasteiger partial charge in [0.05, 0.1) is 6.42 Å². The Kier molecular flexibility index (Phi) is 3.96. The Morgan fingerprint density at radius 1 is 1.50 bits per heavy atom. The van der Waals surface area contributed by atoms with Crippen molar-refractivity contribution in [2.45, 2.75) is 44.6 Å². The van der Waals surface area contributed by atoms with Gasteiger partial charge in [0, 0.05) is 30.3 Å². The van der Waals surface area contributed by atoms with E-state index in [1.807, 2.05) is 0 Å². The Labute approximate surface area is 128 Å². The van der Waals surface area contributed by atoms with E-state index in [2.05, 4.69) is 16.5 Å². The Balaban J connectivity index is 2.08. The number of nitrogens with zero attached hydrogens (tertiary/aromatic N) is 2. The summed E-state index contributed by atoms with van der Waals surface area (Å²) in [4.78, 5) is 15.7. The molecule has 1 N–H and O–H groups in total. The smallest absolute Gasteiger partial charge is 0.304 e. The fraction of sp³-hybridized carbons (Fsp3) is 0.412. The average Bonchev–Trinajstić information content (AvgIpc) is 2.91. The number of carboxylic acid groups (broad SMARTS) is 1. The van der Waals surface area contributed by atoms with Crippen molar-refractivity contribution >= 4 is 5.97 Å². The SMILES string of the molecule is CC1CCCn2c(C(CC(=O)O)c3ccccc3F)cnc21. The van der Waals surface area contributed by atoms with Crippen LogP contribution in [0.4, 0.5) is 4.39 Å². The van der Waals surface area contributed by atoms with Crippen LogP contribution in [-0.2, 0) is 11.3 Å². The van der Waals surface area contributed by atoms with Crippen LogP contribution in [0.3, 0.4) is 0 Å². The maximum Gasteiger partial charge on any atom is 0.304 e. The van der Waals surface area contributed by atoms with Gasteiger partial charge in [-0.2, -0.15) is 0 Å². The van der Waals surface area contributed by atoms with E-state index >= 15 is 0 Å². The quantitative estimate of drug-likeness (QED) is 0.940. The Hall–Kier alpha value is -2.17. The van der Waals surface area contributed by atoms with Gasteiger partial charge in [0.2, 0.25) is 0 Å². The molecule has 0 amide bonds. The van der Waals surface area contributed by atoms with Crippen molar-refractivity contribution < 1.29 is 14.3 Å². The van der Waals surface area contributed by atoms with E-state index in [0.29, 0.717) is 11.5 Å². The molecule has 0 saturated carbocycles. The molecule has 0 bridgehead atoms. The maximum absolute atomic E-state index is 14.2. The molecule has 2 atom stereocenters. The second-order valence-corrected chi connectivity index (χ2v) is 5.91. The molecule has 0 saturated heterocycles. The minimum atomic E-state index is -0.937. The molecule has 0 radical (unpaired) electrons. The van der Waals surface area contributed by atoms with Crippen LogP contribution < -0.4 is 0 Å². The van der Waals surface area contributed by atoms with Gasteiger partial charge in [-0.3, -0.25) is 4.79 Å². The molecule has 22 heavy (non-hydrogen) atoms. The van der Waals surface area contributed by atoms with Crippen molar-refractivity contribution in [3.05, 3.63) is 53.4 Å². The molecule has 2 heterocycles. The molecular weight excluding hydrogens is 283 g/mol. The molecule has 0 fully saturated rings. The van der Waals surface area contributed by atoms with E-state index < -0.39 is 11.9 Å². The first-order valence-corrected chi connectivity index (χ1v) is 7.59.